The summed E-state index contributed by atoms with van der Waals surface area (Å²) in [6, 6.07) is 10.3. The van der Waals surface area contributed by atoms with Gasteiger partial charge < -0.3 is 4.90 Å². The van der Waals surface area contributed by atoms with Crippen LogP contribution in [0.5, 0.6) is 0 Å². The molecule has 0 spiro atoms. The molecule has 0 aliphatic heterocycles. The Labute approximate surface area is 143 Å². The summed E-state index contributed by atoms with van der Waals surface area (Å²) in [5, 5.41) is 0.973. The lowest BCUT2D eigenvalue weighted by molar-refractivity contribution is -0.0490. The van der Waals surface area contributed by atoms with Crippen LogP contribution in [0, 0.1) is 23.7 Å². The number of carbonyl (C=O) groups excluding carboxylic acids is 1. The van der Waals surface area contributed by atoms with E-state index in [0.717, 1.165) is 40.1 Å². The number of hydrogen-bond acceptors (Lipinski definition) is 2. The number of para-hydroxylation sites is 1. The predicted octanol–water partition coefficient (Wildman–Crippen LogP) is 4.13. The molecule has 4 aliphatic carbocycles. The minimum atomic E-state index is 0.172. The fraction of sp³-hybridized carbons (Fsp3) is 0.524. The van der Waals surface area contributed by atoms with E-state index in [9.17, 15) is 4.79 Å². The number of hydrogen-bond donors (Lipinski definition) is 0. The number of aromatic nitrogens is 1. The molecule has 1 aromatic heterocycles. The molecule has 0 radical (unpaired) electrons. The molecule has 3 nitrogen and oxygen atoms in total. The lowest BCUT2D eigenvalue weighted by Gasteiger charge is -2.56. The Kier molecular flexibility index (Phi) is 3.19. The second kappa shape index (κ2) is 5.30. The molecule has 0 atom stereocenters. The van der Waals surface area contributed by atoms with Crippen molar-refractivity contribution in [1.29, 1.82) is 0 Å². The van der Waals surface area contributed by atoms with Gasteiger partial charge in [-0.25, -0.2) is 0 Å². The first-order valence-electron chi connectivity index (χ1n) is 9.31. The maximum atomic E-state index is 13.3. The van der Waals surface area contributed by atoms with Gasteiger partial charge in [0.1, 0.15) is 0 Å². The molecule has 2 aromatic rings. The summed E-state index contributed by atoms with van der Waals surface area (Å²) in [7, 11) is 2.03. The van der Waals surface area contributed by atoms with Crippen molar-refractivity contribution < 1.29 is 4.79 Å². The average molecular weight is 320 g/mol. The van der Waals surface area contributed by atoms with Gasteiger partial charge in [-0.05, 0) is 67.9 Å². The molecule has 1 aromatic carbocycles. The van der Waals surface area contributed by atoms with Crippen LogP contribution in [-0.4, -0.2) is 28.9 Å². The zero-order valence-electron chi connectivity index (χ0n) is 14.2. The SMILES string of the molecule is CN(C(=O)c1ccnc2ccccc12)C1C2CC3CC(C2)CC1C3. The topological polar surface area (TPSA) is 33.2 Å². The lowest BCUT2D eigenvalue weighted by Crippen LogP contribution is -2.56. The number of rotatable bonds is 2. The van der Waals surface area contributed by atoms with E-state index < -0.39 is 0 Å². The van der Waals surface area contributed by atoms with Gasteiger partial charge >= 0.3 is 0 Å². The summed E-state index contributed by atoms with van der Waals surface area (Å²) >= 11 is 0. The standard InChI is InChI=1S/C21H24N2O/c1-23(20-15-9-13-8-14(11-15)12-16(20)10-13)21(24)18-6-7-22-19-5-3-2-4-17(18)19/h2-7,13-16,20H,8-12H2,1H3. The summed E-state index contributed by atoms with van der Waals surface area (Å²) in [6.07, 6.45) is 8.57. The van der Waals surface area contributed by atoms with Crippen molar-refractivity contribution in [2.24, 2.45) is 23.7 Å². The van der Waals surface area contributed by atoms with Crippen LogP contribution in [0.15, 0.2) is 36.5 Å². The number of carbonyl (C=O) groups is 1. The molecule has 4 aliphatic rings. The molecular weight excluding hydrogens is 296 g/mol. The van der Waals surface area contributed by atoms with E-state index >= 15 is 0 Å². The van der Waals surface area contributed by atoms with Gasteiger partial charge in [0.2, 0.25) is 0 Å². The summed E-state index contributed by atoms with van der Waals surface area (Å²) in [4.78, 5) is 19.8. The summed E-state index contributed by atoms with van der Waals surface area (Å²) < 4.78 is 0. The van der Waals surface area contributed by atoms with Crippen LogP contribution in [0.25, 0.3) is 10.9 Å². The predicted molar refractivity (Wildman–Crippen MR) is 94.7 cm³/mol. The Morgan fingerprint density at radius 2 is 1.67 bits per heavy atom. The van der Waals surface area contributed by atoms with E-state index in [4.69, 9.17) is 0 Å². The number of pyridine rings is 1. The summed E-state index contributed by atoms with van der Waals surface area (Å²) in [6.45, 7) is 0. The Morgan fingerprint density at radius 1 is 1.00 bits per heavy atom. The zero-order valence-corrected chi connectivity index (χ0v) is 14.2. The fourth-order valence-corrected chi connectivity index (χ4v) is 6.14. The minimum absolute atomic E-state index is 0.172. The van der Waals surface area contributed by atoms with Crippen LogP contribution < -0.4 is 0 Å². The van der Waals surface area contributed by atoms with E-state index in [-0.39, 0.29) is 5.91 Å². The molecule has 124 valence electrons. The first-order valence-corrected chi connectivity index (χ1v) is 9.31. The van der Waals surface area contributed by atoms with Gasteiger partial charge in [-0.3, -0.25) is 9.78 Å². The van der Waals surface area contributed by atoms with Crippen molar-refractivity contribution in [2.75, 3.05) is 7.05 Å². The monoisotopic (exact) mass is 320 g/mol. The molecule has 0 N–H and O–H groups in total. The van der Waals surface area contributed by atoms with Gasteiger partial charge in [0.15, 0.2) is 0 Å². The highest BCUT2D eigenvalue weighted by Crippen LogP contribution is 2.55. The third-order valence-corrected chi connectivity index (χ3v) is 6.82. The van der Waals surface area contributed by atoms with Crippen molar-refractivity contribution in [1.82, 2.24) is 9.88 Å². The van der Waals surface area contributed by atoms with Crippen molar-refractivity contribution in [3.8, 4) is 0 Å². The Balaban J connectivity index is 1.48. The second-order valence-corrected chi connectivity index (χ2v) is 8.21. The van der Waals surface area contributed by atoms with Gasteiger partial charge in [0, 0.05) is 24.7 Å². The molecule has 4 saturated carbocycles. The normalized spacial score (nSPS) is 33.8. The van der Waals surface area contributed by atoms with Gasteiger partial charge in [0.05, 0.1) is 11.1 Å². The smallest absolute Gasteiger partial charge is 0.254 e. The first-order chi connectivity index (χ1) is 11.7. The van der Waals surface area contributed by atoms with Gasteiger partial charge in [-0.2, -0.15) is 0 Å². The van der Waals surface area contributed by atoms with E-state index in [2.05, 4.69) is 9.88 Å². The second-order valence-electron chi connectivity index (χ2n) is 8.21. The zero-order chi connectivity index (χ0) is 16.3. The molecule has 3 heteroatoms. The maximum absolute atomic E-state index is 13.3. The highest BCUT2D eigenvalue weighted by atomic mass is 16.2. The first kappa shape index (κ1) is 14.4. The molecule has 4 bridgehead atoms. The van der Waals surface area contributed by atoms with Crippen LogP contribution in [0.4, 0.5) is 0 Å². The van der Waals surface area contributed by atoms with Crippen LogP contribution in [0.3, 0.4) is 0 Å². The summed E-state index contributed by atoms with van der Waals surface area (Å²) in [5.74, 6) is 3.50. The third-order valence-electron chi connectivity index (χ3n) is 6.82. The molecule has 24 heavy (non-hydrogen) atoms. The largest absolute Gasteiger partial charge is 0.338 e. The number of fused-ring (bicyclic) bond motifs is 1. The van der Waals surface area contributed by atoms with E-state index in [0.29, 0.717) is 6.04 Å². The number of amides is 1. The van der Waals surface area contributed by atoms with E-state index in [1.54, 1.807) is 6.20 Å². The average Bonchev–Trinajstić information content (AvgIpc) is 2.59. The molecule has 6 rings (SSSR count). The van der Waals surface area contributed by atoms with Crippen LogP contribution in [0.1, 0.15) is 42.5 Å². The molecule has 1 amide bonds. The lowest BCUT2D eigenvalue weighted by atomic mass is 9.54. The van der Waals surface area contributed by atoms with Gasteiger partial charge in [-0.1, -0.05) is 18.2 Å². The Morgan fingerprint density at radius 3 is 2.38 bits per heavy atom. The summed E-state index contributed by atoms with van der Waals surface area (Å²) in [5.41, 5.74) is 1.71. The van der Waals surface area contributed by atoms with E-state index in [1.807, 2.05) is 37.4 Å². The van der Waals surface area contributed by atoms with Crippen LogP contribution >= 0.6 is 0 Å². The van der Waals surface area contributed by atoms with Crippen molar-refractivity contribution >= 4 is 16.8 Å². The van der Waals surface area contributed by atoms with Gasteiger partial charge in [-0.15, -0.1) is 0 Å². The van der Waals surface area contributed by atoms with Crippen molar-refractivity contribution in [3.05, 3.63) is 42.1 Å². The molecule has 0 saturated heterocycles. The Hall–Kier alpha value is -1.90. The van der Waals surface area contributed by atoms with E-state index in [1.165, 1.54) is 32.1 Å². The Bertz CT molecular complexity index is 766. The molecule has 4 fully saturated rings. The maximum Gasteiger partial charge on any atom is 0.254 e. The van der Waals surface area contributed by atoms with Crippen molar-refractivity contribution in [2.45, 2.75) is 38.1 Å². The number of benzene rings is 1. The molecule has 0 unspecified atom stereocenters. The number of nitrogens with zero attached hydrogens (tertiary/aromatic N) is 2. The van der Waals surface area contributed by atoms with Crippen LogP contribution in [0.2, 0.25) is 0 Å². The van der Waals surface area contributed by atoms with Gasteiger partial charge in [0.25, 0.3) is 5.91 Å². The fourth-order valence-electron chi connectivity index (χ4n) is 6.14. The van der Waals surface area contributed by atoms with Crippen molar-refractivity contribution in [3.63, 3.8) is 0 Å². The van der Waals surface area contributed by atoms with Crippen LogP contribution in [-0.2, 0) is 0 Å². The highest BCUT2D eigenvalue weighted by Gasteiger charge is 2.50. The highest BCUT2D eigenvalue weighted by molar-refractivity contribution is 6.06. The third kappa shape index (κ3) is 2.10. The quantitative estimate of drug-likeness (QED) is 0.833. The molecular formula is C21H24N2O. The molecule has 1 heterocycles. The minimum Gasteiger partial charge on any atom is -0.338 e.